The van der Waals surface area contributed by atoms with Gasteiger partial charge in [0.2, 0.25) is 0 Å². The van der Waals surface area contributed by atoms with Crippen LogP contribution in [0.5, 0.6) is 0 Å². The molecule has 0 N–H and O–H groups in total. The van der Waals surface area contributed by atoms with E-state index in [9.17, 15) is 0 Å². The van der Waals surface area contributed by atoms with Gasteiger partial charge in [-0.3, -0.25) is 0 Å². The molecule has 0 saturated carbocycles. The van der Waals surface area contributed by atoms with Gasteiger partial charge in [-0.25, -0.2) is 0 Å². The molecular weight excluding hydrogens is 667 g/mol. The summed E-state index contributed by atoms with van der Waals surface area (Å²) in [5, 5.41) is 7.29. The van der Waals surface area contributed by atoms with Gasteiger partial charge in [0, 0.05) is 44.4 Å². The van der Waals surface area contributed by atoms with E-state index in [1.54, 1.807) is 0 Å². The van der Waals surface area contributed by atoms with E-state index < -0.39 is 0 Å². The van der Waals surface area contributed by atoms with Crippen molar-refractivity contribution in [3.05, 3.63) is 199 Å². The molecular formula is C53H37NO. The molecule has 260 valence electrons. The maximum absolute atomic E-state index is 7.26. The molecule has 1 aromatic heterocycles. The van der Waals surface area contributed by atoms with Gasteiger partial charge in [-0.05, 0) is 97.4 Å². The van der Waals surface area contributed by atoms with Gasteiger partial charge in [0.1, 0.15) is 11.2 Å². The minimum absolute atomic E-state index is 0.244. The van der Waals surface area contributed by atoms with Gasteiger partial charge < -0.3 is 9.32 Å². The van der Waals surface area contributed by atoms with E-state index in [1.807, 2.05) is 0 Å². The molecule has 1 aliphatic carbocycles. The van der Waals surface area contributed by atoms with Crippen LogP contribution in [0.1, 0.15) is 25.0 Å². The van der Waals surface area contributed by atoms with Crippen molar-refractivity contribution in [2.24, 2.45) is 0 Å². The molecule has 0 amide bonds. The summed E-state index contributed by atoms with van der Waals surface area (Å²) < 4.78 is 7.26. The molecule has 2 nitrogen and oxygen atoms in total. The highest BCUT2D eigenvalue weighted by Crippen LogP contribution is 2.57. The molecule has 0 fully saturated rings. The summed E-state index contributed by atoms with van der Waals surface area (Å²) in [6.45, 7) is 4.74. The third kappa shape index (κ3) is 4.81. The molecule has 10 aromatic rings. The first-order chi connectivity index (χ1) is 27.0. The Morgan fingerprint density at radius 3 is 1.84 bits per heavy atom. The molecule has 0 atom stereocenters. The second kappa shape index (κ2) is 12.1. The number of rotatable bonds is 5. The Hall–Kier alpha value is -6.90. The largest absolute Gasteiger partial charge is 0.455 e. The van der Waals surface area contributed by atoms with Gasteiger partial charge in [-0.2, -0.15) is 0 Å². The van der Waals surface area contributed by atoms with Crippen molar-refractivity contribution < 1.29 is 4.42 Å². The van der Waals surface area contributed by atoms with Crippen LogP contribution in [0.3, 0.4) is 0 Å². The first-order valence-corrected chi connectivity index (χ1v) is 19.1. The lowest BCUT2D eigenvalue weighted by Gasteiger charge is -2.27. The molecule has 11 rings (SSSR count). The van der Waals surface area contributed by atoms with E-state index in [2.05, 4.69) is 207 Å². The maximum Gasteiger partial charge on any atom is 0.144 e. The SMILES string of the molecule is CC1(C)c2ccc(N(c3ccccc3)c3ccc(-c4ccccc4)cc3)cc2-c2c1c1ccccc1c1c2oc2c(-c3ccc4ccccc4c3)cccc21. The molecule has 0 aliphatic heterocycles. The van der Waals surface area contributed by atoms with Gasteiger partial charge in [0.05, 0.1) is 0 Å². The Balaban J connectivity index is 1.15. The second-order valence-electron chi connectivity index (χ2n) is 15.3. The second-order valence-corrected chi connectivity index (χ2v) is 15.3. The van der Waals surface area contributed by atoms with Gasteiger partial charge in [-0.1, -0.05) is 159 Å². The Labute approximate surface area is 320 Å². The van der Waals surface area contributed by atoms with E-state index in [0.29, 0.717) is 0 Å². The number of hydrogen-bond acceptors (Lipinski definition) is 2. The minimum Gasteiger partial charge on any atom is -0.455 e. The monoisotopic (exact) mass is 703 g/mol. The minimum atomic E-state index is -0.244. The summed E-state index contributed by atoms with van der Waals surface area (Å²) in [5.41, 5.74) is 14.7. The number of hydrogen-bond donors (Lipinski definition) is 0. The van der Waals surface area contributed by atoms with Gasteiger partial charge in [0.25, 0.3) is 0 Å². The van der Waals surface area contributed by atoms with Crippen molar-refractivity contribution in [2.45, 2.75) is 19.3 Å². The lowest BCUT2D eigenvalue weighted by molar-refractivity contribution is 0.658. The zero-order chi connectivity index (χ0) is 36.7. The highest BCUT2D eigenvalue weighted by Gasteiger charge is 2.40. The standard InChI is InChI=1S/C53H37NO/c1-53(2)47-31-30-41(54(39-18-7-4-8-19-39)40-28-26-36(27-29-40)34-14-5-3-6-15-34)33-46(47)49-50(53)44-21-12-11-20-43(44)48-45-23-13-22-42(51(45)55-52(48)49)38-25-24-35-16-9-10-17-37(35)32-38/h3-33H,1-2H3. The third-order valence-electron chi connectivity index (χ3n) is 11.8. The molecule has 55 heavy (non-hydrogen) atoms. The van der Waals surface area contributed by atoms with Crippen molar-refractivity contribution in [1.82, 2.24) is 0 Å². The summed E-state index contributed by atoms with van der Waals surface area (Å²) in [6, 6.07) is 68.0. The molecule has 1 aliphatic rings. The molecule has 0 unspecified atom stereocenters. The van der Waals surface area contributed by atoms with Crippen LogP contribution in [0, 0.1) is 0 Å². The van der Waals surface area contributed by atoms with Crippen LogP contribution in [0.15, 0.2) is 192 Å². The van der Waals surface area contributed by atoms with Crippen LogP contribution in [-0.2, 0) is 5.41 Å². The Morgan fingerprint density at radius 2 is 1.04 bits per heavy atom. The average Bonchev–Trinajstić information content (AvgIpc) is 3.74. The van der Waals surface area contributed by atoms with E-state index in [4.69, 9.17) is 4.42 Å². The lowest BCUT2D eigenvalue weighted by Crippen LogP contribution is -2.16. The van der Waals surface area contributed by atoms with Gasteiger partial charge >= 0.3 is 0 Å². The van der Waals surface area contributed by atoms with Crippen molar-refractivity contribution in [3.63, 3.8) is 0 Å². The summed E-state index contributed by atoms with van der Waals surface area (Å²) in [7, 11) is 0. The predicted molar refractivity (Wildman–Crippen MR) is 232 cm³/mol. The number of anilines is 3. The van der Waals surface area contributed by atoms with Crippen molar-refractivity contribution >= 4 is 60.5 Å². The highest BCUT2D eigenvalue weighted by molar-refractivity contribution is 6.26. The fourth-order valence-corrected chi connectivity index (χ4v) is 9.24. The fourth-order valence-electron chi connectivity index (χ4n) is 9.24. The summed E-state index contributed by atoms with van der Waals surface area (Å²) >= 11 is 0. The van der Waals surface area contributed by atoms with Crippen LogP contribution in [0.25, 0.3) is 76.9 Å². The topological polar surface area (TPSA) is 16.4 Å². The third-order valence-corrected chi connectivity index (χ3v) is 11.8. The summed E-state index contributed by atoms with van der Waals surface area (Å²) in [4.78, 5) is 2.37. The van der Waals surface area contributed by atoms with Crippen LogP contribution >= 0.6 is 0 Å². The van der Waals surface area contributed by atoms with Crippen molar-refractivity contribution in [2.75, 3.05) is 4.90 Å². The van der Waals surface area contributed by atoms with Crippen LogP contribution in [-0.4, -0.2) is 0 Å². The molecule has 0 saturated heterocycles. The zero-order valence-electron chi connectivity index (χ0n) is 30.8. The first kappa shape index (κ1) is 31.6. The quantitative estimate of drug-likeness (QED) is 0.177. The van der Waals surface area contributed by atoms with E-state index in [-0.39, 0.29) is 5.41 Å². The Bertz CT molecular complexity index is 3100. The van der Waals surface area contributed by atoms with Crippen molar-refractivity contribution in [3.8, 4) is 33.4 Å². The van der Waals surface area contributed by atoms with E-state index in [1.165, 1.54) is 60.3 Å². The molecule has 0 bridgehead atoms. The lowest BCUT2D eigenvalue weighted by atomic mass is 9.79. The summed E-state index contributed by atoms with van der Waals surface area (Å²) in [6.07, 6.45) is 0. The smallest absolute Gasteiger partial charge is 0.144 e. The normalized spacial score (nSPS) is 13.1. The first-order valence-electron chi connectivity index (χ1n) is 19.1. The Kier molecular flexibility index (Phi) is 6.93. The predicted octanol–water partition coefficient (Wildman–Crippen LogP) is 15.0. The number of fused-ring (bicyclic) bond motifs is 11. The van der Waals surface area contributed by atoms with Crippen LogP contribution in [0.2, 0.25) is 0 Å². The fraction of sp³-hybridized carbons (Fsp3) is 0.0566. The number of para-hydroxylation sites is 2. The number of benzene rings is 9. The molecule has 0 spiro atoms. The average molecular weight is 704 g/mol. The van der Waals surface area contributed by atoms with Crippen LogP contribution < -0.4 is 4.90 Å². The van der Waals surface area contributed by atoms with Crippen molar-refractivity contribution in [1.29, 1.82) is 0 Å². The number of furan rings is 1. The summed E-state index contributed by atoms with van der Waals surface area (Å²) in [5.74, 6) is 0. The van der Waals surface area contributed by atoms with E-state index >= 15 is 0 Å². The van der Waals surface area contributed by atoms with E-state index in [0.717, 1.165) is 44.7 Å². The zero-order valence-corrected chi connectivity index (χ0v) is 30.8. The molecule has 9 aromatic carbocycles. The molecule has 0 radical (unpaired) electrons. The van der Waals surface area contributed by atoms with Crippen LogP contribution in [0.4, 0.5) is 17.1 Å². The maximum atomic E-state index is 7.26. The number of nitrogens with zero attached hydrogens (tertiary/aromatic N) is 1. The molecule has 1 heterocycles. The Morgan fingerprint density at radius 1 is 0.418 bits per heavy atom. The van der Waals surface area contributed by atoms with Gasteiger partial charge in [0.15, 0.2) is 0 Å². The highest BCUT2D eigenvalue weighted by atomic mass is 16.3. The van der Waals surface area contributed by atoms with Gasteiger partial charge in [-0.15, -0.1) is 0 Å². The molecule has 2 heteroatoms.